The average Bonchev–Trinajstić information content (AvgIpc) is 3.09. The Morgan fingerprint density at radius 3 is 2.50 bits per heavy atom. The van der Waals surface area contributed by atoms with E-state index in [9.17, 15) is 9.00 Å². The highest BCUT2D eigenvalue weighted by Gasteiger charge is 2.13. The number of hydrogen-bond donors (Lipinski definition) is 1. The number of nitrogens with one attached hydrogen (secondary N) is 1. The van der Waals surface area contributed by atoms with E-state index in [4.69, 9.17) is 4.42 Å². The third-order valence-corrected chi connectivity index (χ3v) is 5.31. The monoisotopic (exact) mass is 367 g/mol. The van der Waals surface area contributed by atoms with Gasteiger partial charge in [-0.05, 0) is 49.2 Å². The first-order valence-electron chi connectivity index (χ1n) is 8.39. The van der Waals surface area contributed by atoms with Crippen LogP contribution in [-0.2, 0) is 23.1 Å². The van der Waals surface area contributed by atoms with Gasteiger partial charge in [0.25, 0.3) is 5.91 Å². The molecule has 0 unspecified atom stereocenters. The second-order valence-corrected chi connectivity index (χ2v) is 7.69. The molecule has 0 fully saturated rings. The standard InChI is InChI=1S/C21H21NO3S/c1-15-6-8-17(9-7-15)13-22-21(23)20-11-10-18(25-20)14-26(24)19-5-3-4-16(2)12-19/h3-12H,13-14H2,1-2H3,(H,22,23)/t26-/m1/s1. The van der Waals surface area contributed by atoms with Crippen molar-refractivity contribution in [2.75, 3.05) is 0 Å². The maximum Gasteiger partial charge on any atom is 0.287 e. The minimum Gasteiger partial charge on any atom is -0.455 e. The molecule has 0 aliphatic rings. The van der Waals surface area contributed by atoms with Gasteiger partial charge in [-0.2, -0.15) is 0 Å². The maximum atomic E-state index is 12.4. The molecule has 1 heterocycles. The van der Waals surface area contributed by atoms with Crippen molar-refractivity contribution in [2.45, 2.75) is 31.0 Å². The Bertz CT molecular complexity index is 928. The van der Waals surface area contributed by atoms with Crippen LogP contribution >= 0.6 is 0 Å². The zero-order chi connectivity index (χ0) is 18.5. The fourth-order valence-corrected chi connectivity index (χ4v) is 3.65. The summed E-state index contributed by atoms with van der Waals surface area (Å²) in [4.78, 5) is 13.0. The van der Waals surface area contributed by atoms with Crippen molar-refractivity contribution in [1.82, 2.24) is 5.32 Å². The Labute approximate surface area is 155 Å². The van der Waals surface area contributed by atoms with Crippen molar-refractivity contribution in [1.29, 1.82) is 0 Å². The predicted octanol–water partition coefficient (Wildman–Crippen LogP) is 4.13. The minimum atomic E-state index is -1.21. The Morgan fingerprint density at radius 2 is 1.77 bits per heavy atom. The first kappa shape index (κ1) is 18.1. The first-order valence-corrected chi connectivity index (χ1v) is 9.70. The van der Waals surface area contributed by atoms with Gasteiger partial charge in [-0.1, -0.05) is 42.0 Å². The van der Waals surface area contributed by atoms with E-state index in [2.05, 4.69) is 5.32 Å². The molecule has 26 heavy (non-hydrogen) atoms. The van der Waals surface area contributed by atoms with E-state index >= 15 is 0 Å². The van der Waals surface area contributed by atoms with Gasteiger partial charge in [0.15, 0.2) is 5.76 Å². The number of aryl methyl sites for hydroxylation is 2. The second kappa shape index (κ2) is 8.15. The molecule has 0 saturated carbocycles. The lowest BCUT2D eigenvalue weighted by Gasteiger charge is -2.04. The number of benzene rings is 2. The van der Waals surface area contributed by atoms with Crippen molar-refractivity contribution in [2.24, 2.45) is 0 Å². The number of furan rings is 1. The molecular formula is C21H21NO3S. The van der Waals surface area contributed by atoms with Gasteiger partial charge in [0.1, 0.15) is 5.76 Å². The van der Waals surface area contributed by atoms with Gasteiger partial charge in [0, 0.05) is 11.4 Å². The summed E-state index contributed by atoms with van der Waals surface area (Å²) in [5.41, 5.74) is 3.26. The normalized spacial score (nSPS) is 11.9. The third kappa shape index (κ3) is 4.70. The Morgan fingerprint density at radius 1 is 1.00 bits per heavy atom. The summed E-state index contributed by atoms with van der Waals surface area (Å²) in [6, 6.07) is 18.9. The number of carbonyl (C=O) groups excluding carboxylic acids is 1. The lowest BCUT2D eigenvalue weighted by molar-refractivity contribution is 0.0921. The highest BCUT2D eigenvalue weighted by atomic mass is 32.2. The van der Waals surface area contributed by atoms with Gasteiger partial charge in [-0.25, -0.2) is 0 Å². The van der Waals surface area contributed by atoms with Gasteiger partial charge >= 0.3 is 0 Å². The first-order chi connectivity index (χ1) is 12.5. The van der Waals surface area contributed by atoms with Crippen molar-refractivity contribution < 1.29 is 13.4 Å². The van der Waals surface area contributed by atoms with Gasteiger partial charge in [0.05, 0.1) is 16.6 Å². The zero-order valence-corrected chi connectivity index (χ0v) is 15.6. The number of hydrogen-bond acceptors (Lipinski definition) is 3. The van der Waals surface area contributed by atoms with E-state index in [0.29, 0.717) is 12.3 Å². The molecule has 1 amide bonds. The molecule has 1 aromatic heterocycles. The van der Waals surface area contributed by atoms with Crippen LogP contribution < -0.4 is 5.32 Å². The summed E-state index contributed by atoms with van der Waals surface area (Å²) >= 11 is 0. The molecule has 3 aromatic rings. The van der Waals surface area contributed by atoms with E-state index in [-0.39, 0.29) is 17.4 Å². The molecule has 3 rings (SSSR count). The van der Waals surface area contributed by atoms with E-state index in [0.717, 1.165) is 16.0 Å². The maximum absolute atomic E-state index is 12.4. The smallest absolute Gasteiger partial charge is 0.287 e. The predicted molar refractivity (Wildman–Crippen MR) is 102 cm³/mol. The molecule has 0 bridgehead atoms. The average molecular weight is 367 g/mol. The SMILES string of the molecule is Cc1ccc(CNC(=O)c2ccc(C[S@@](=O)c3cccc(C)c3)o2)cc1. The highest BCUT2D eigenvalue weighted by molar-refractivity contribution is 7.84. The summed E-state index contributed by atoms with van der Waals surface area (Å²) in [6.07, 6.45) is 0. The number of amides is 1. The van der Waals surface area contributed by atoms with Crippen LogP contribution in [0.5, 0.6) is 0 Å². The fourth-order valence-electron chi connectivity index (χ4n) is 2.52. The van der Waals surface area contributed by atoms with Crippen LogP contribution in [0.1, 0.15) is 33.0 Å². The lowest BCUT2D eigenvalue weighted by atomic mass is 10.1. The molecule has 0 saturated heterocycles. The number of rotatable bonds is 6. The third-order valence-electron chi connectivity index (χ3n) is 3.98. The molecule has 0 radical (unpaired) electrons. The highest BCUT2D eigenvalue weighted by Crippen LogP contribution is 2.16. The largest absolute Gasteiger partial charge is 0.455 e. The quantitative estimate of drug-likeness (QED) is 0.712. The van der Waals surface area contributed by atoms with Gasteiger partial charge in [-0.3, -0.25) is 9.00 Å². The fraction of sp³-hybridized carbons (Fsp3) is 0.190. The van der Waals surface area contributed by atoms with Gasteiger partial charge in [-0.15, -0.1) is 0 Å². The van der Waals surface area contributed by atoms with E-state index in [1.807, 2.05) is 62.4 Å². The summed E-state index contributed by atoms with van der Waals surface area (Å²) in [5, 5.41) is 2.83. The van der Waals surface area contributed by atoms with Crippen LogP contribution in [0.15, 0.2) is 70.0 Å². The molecule has 0 aliphatic heterocycles. The summed E-state index contributed by atoms with van der Waals surface area (Å²) in [5.74, 6) is 0.728. The van der Waals surface area contributed by atoms with Crippen LogP contribution in [0.3, 0.4) is 0 Å². The molecule has 0 spiro atoms. The van der Waals surface area contributed by atoms with Crippen molar-refractivity contribution >= 4 is 16.7 Å². The van der Waals surface area contributed by atoms with Crippen LogP contribution in [-0.4, -0.2) is 10.1 Å². The van der Waals surface area contributed by atoms with Crippen LogP contribution in [0.4, 0.5) is 0 Å². The summed E-state index contributed by atoms with van der Waals surface area (Å²) in [7, 11) is -1.21. The molecule has 4 nitrogen and oxygen atoms in total. The minimum absolute atomic E-state index is 0.230. The molecule has 5 heteroatoms. The second-order valence-electron chi connectivity index (χ2n) is 6.24. The van der Waals surface area contributed by atoms with E-state index in [1.54, 1.807) is 12.1 Å². The molecular weight excluding hydrogens is 346 g/mol. The topological polar surface area (TPSA) is 59.3 Å². The van der Waals surface area contributed by atoms with E-state index < -0.39 is 10.8 Å². The zero-order valence-electron chi connectivity index (χ0n) is 14.8. The van der Waals surface area contributed by atoms with Gasteiger partial charge < -0.3 is 9.73 Å². The summed E-state index contributed by atoms with van der Waals surface area (Å²) < 4.78 is 18.0. The van der Waals surface area contributed by atoms with Crippen LogP contribution in [0, 0.1) is 13.8 Å². The Hall–Kier alpha value is -2.66. The lowest BCUT2D eigenvalue weighted by Crippen LogP contribution is -2.22. The Kier molecular flexibility index (Phi) is 5.68. The van der Waals surface area contributed by atoms with Gasteiger partial charge in [0.2, 0.25) is 0 Å². The van der Waals surface area contributed by atoms with Crippen molar-refractivity contribution in [3.8, 4) is 0 Å². The molecule has 0 aliphatic carbocycles. The molecule has 134 valence electrons. The van der Waals surface area contributed by atoms with E-state index in [1.165, 1.54) is 5.56 Å². The molecule has 2 aromatic carbocycles. The van der Waals surface area contributed by atoms with Crippen molar-refractivity contribution in [3.05, 3.63) is 88.9 Å². The molecule has 1 N–H and O–H groups in total. The van der Waals surface area contributed by atoms with Crippen molar-refractivity contribution in [3.63, 3.8) is 0 Å². The van der Waals surface area contributed by atoms with Crippen LogP contribution in [0.25, 0.3) is 0 Å². The summed E-state index contributed by atoms with van der Waals surface area (Å²) in [6.45, 7) is 4.42. The Balaban J connectivity index is 1.59. The molecule has 1 atom stereocenters. The number of carbonyl (C=O) groups is 1. The van der Waals surface area contributed by atoms with Crippen LogP contribution in [0.2, 0.25) is 0 Å².